The summed E-state index contributed by atoms with van der Waals surface area (Å²) in [5.74, 6) is 3.44. The highest BCUT2D eigenvalue weighted by molar-refractivity contribution is 7.99. The Kier molecular flexibility index (Phi) is 2.95. The van der Waals surface area contributed by atoms with Crippen molar-refractivity contribution in [3.8, 4) is 5.75 Å². The second-order valence-corrected chi connectivity index (χ2v) is 6.27. The van der Waals surface area contributed by atoms with E-state index < -0.39 is 0 Å². The van der Waals surface area contributed by atoms with Crippen molar-refractivity contribution in [3.05, 3.63) is 23.8 Å². The predicted octanol–water partition coefficient (Wildman–Crippen LogP) is 3.32. The third-order valence-electron chi connectivity index (χ3n) is 3.59. The van der Waals surface area contributed by atoms with Gasteiger partial charge in [0, 0.05) is 23.5 Å². The summed E-state index contributed by atoms with van der Waals surface area (Å²) in [6, 6.07) is 6.38. The second-order valence-electron chi connectivity index (χ2n) is 5.17. The van der Waals surface area contributed by atoms with Crippen LogP contribution in [0.4, 0.5) is 5.69 Å². The third-order valence-corrected chi connectivity index (χ3v) is 4.90. The van der Waals surface area contributed by atoms with Crippen molar-refractivity contribution < 1.29 is 4.74 Å². The molecule has 1 saturated heterocycles. The van der Waals surface area contributed by atoms with Gasteiger partial charge in [-0.2, -0.15) is 11.8 Å². The molecule has 0 radical (unpaired) electrons. The highest BCUT2D eigenvalue weighted by Crippen LogP contribution is 2.37. The molecule has 1 aromatic carbocycles. The number of hydrogen-bond acceptors (Lipinski definition) is 3. The molecule has 1 aromatic rings. The Morgan fingerprint density at radius 3 is 3.18 bits per heavy atom. The molecular formula is C14H19NOS. The predicted molar refractivity (Wildman–Crippen MR) is 74.2 cm³/mol. The summed E-state index contributed by atoms with van der Waals surface area (Å²) < 4.78 is 6.30. The number of anilines is 1. The summed E-state index contributed by atoms with van der Waals surface area (Å²) in [6.45, 7) is 3.33. The molecule has 1 N–H and O–H groups in total. The minimum atomic E-state index is 0.0389. The van der Waals surface area contributed by atoms with E-state index in [9.17, 15) is 0 Å². The summed E-state index contributed by atoms with van der Waals surface area (Å²) in [6.07, 6.45) is 3.51. The van der Waals surface area contributed by atoms with E-state index in [1.54, 1.807) is 0 Å². The number of nitrogens with one attached hydrogen (secondary N) is 1. The van der Waals surface area contributed by atoms with Crippen molar-refractivity contribution in [2.45, 2.75) is 31.8 Å². The highest BCUT2D eigenvalue weighted by Gasteiger charge is 2.32. The first kappa shape index (κ1) is 11.3. The smallest absolute Gasteiger partial charge is 0.125 e. The van der Waals surface area contributed by atoms with Gasteiger partial charge in [-0.05, 0) is 44.1 Å². The zero-order chi connectivity index (χ0) is 11.7. The zero-order valence-corrected chi connectivity index (χ0v) is 11.1. The van der Waals surface area contributed by atoms with Crippen molar-refractivity contribution in [1.82, 2.24) is 0 Å². The van der Waals surface area contributed by atoms with E-state index in [4.69, 9.17) is 4.74 Å². The Labute approximate surface area is 107 Å². The van der Waals surface area contributed by atoms with Crippen LogP contribution in [-0.4, -0.2) is 23.7 Å². The molecule has 1 atom stereocenters. The fourth-order valence-electron chi connectivity index (χ4n) is 2.57. The molecule has 0 saturated carbocycles. The molecule has 2 aliphatic heterocycles. The first-order valence-corrected chi connectivity index (χ1v) is 7.55. The lowest BCUT2D eigenvalue weighted by atomic mass is 10.0. The summed E-state index contributed by atoms with van der Waals surface area (Å²) in [4.78, 5) is 0. The Hall–Kier alpha value is -0.830. The van der Waals surface area contributed by atoms with Crippen molar-refractivity contribution in [2.75, 3.05) is 23.4 Å². The van der Waals surface area contributed by atoms with Gasteiger partial charge in [-0.25, -0.2) is 0 Å². The molecule has 0 amide bonds. The topological polar surface area (TPSA) is 21.3 Å². The number of thioether (sulfide) groups is 1. The van der Waals surface area contributed by atoms with Gasteiger partial charge in [0.15, 0.2) is 0 Å². The molecule has 2 nitrogen and oxygen atoms in total. The van der Waals surface area contributed by atoms with Crippen LogP contribution in [0.25, 0.3) is 0 Å². The standard InChI is InChI=1S/C14H19NOS/c1-14(7-9-17-10-14)16-13-6-2-5-12-11(13)4-3-8-15-12/h2,5-6,15H,3-4,7-10H2,1H3. The lowest BCUT2D eigenvalue weighted by Crippen LogP contribution is -2.32. The SMILES string of the molecule is CC1(Oc2cccc3c2CCCN3)CCSC1. The molecule has 0 aliphatic carbocycles. The van der Waals surface area contributed by atoms with Gasteiger partial charge >= 0.3 is 0 Å². The highest BCUT2D eigenvalue weighted by atomic mass is 32.2. The molecule has 17 heavy (non-hydrogen) atoms. The van der Waals surface area contributed by atoms with Gasteiger partial charge in [-0.3, -0.25) is 0 Å². The molecule has 0 aromatic heterocycles. The zero-order valence-electron chi connectivity index (χ0n) is 10.3. The van der Waals surface area contributed by atoms with E-state index in [0.29, 0.717) is 0 Å². The number of rotatable bonds is 2. The lowest BCUT2D eigenvalue weighted by Gasteiger charge is -2.28. The van der Waals surface area contributed by atoms with E-state index in [0.717, 1.165) is 30.9 Å². The molecule has 3 rings (SSSR count). The van der Waals surface area contributed by atoms with Crippen LogP contribution in [0, 0.1) is 0 Å². The quantitative estimate of drug-likeness (QED) is 0.869. The average Bonchev–Trinajstić information content (AvgIpc) is 2.76. The molecule has 1 fully saturated rings. The summed E-state index contributed by atoms with van der Waals surface area (Å²) >= 11 is 2.00. The second kappa shape index (κ2) is 4.45. The Morgan fingerprint density at radius 2 is 2.35 bits per heavy atom. The minimum Gasteiger partial charge on any atom is -0.486 e. The van der Waals surface area contributed by atoms with Crippen molar-refractivity contribution >= 4 is 17.4 Å². The Bertz CT molecular complexity index is 413. The molecule has 1 unspecified atom stereocenters. The molecule has 3 heteroatoms. The summed E-state index contributed by atoms with van der Waals surface area (Å²) in [5.41, 5.74) is 2.68. The van der Waals surface area contributed by atoms with Gasteiger partial charge in [-0.15, -0.1) is 0 Å². The first-order valence-electron chi connectivity index (χ1n) is 6.39. The molecule has 0 spiro atoms. The van der Waals surface area contributed by atoms with E-state index in [1.807, 2.05) is 11.8 Å². The monoisotopic (exact) mass is 249 g/mol. The van der Waals surface area contributed by atoms with Crippen LogP contribution in [0.3, 0.4) is 0 Å². The Balaban J connectivity index is 1.87. The summed E-state index contributed by atoms with van der Waals surface area (Å²) in [5, 5.41) is 3.46. The molecular weight excluding hydrogens is 230 g/mol. The maximum atomic E-state index is 6.30. The fourth-order valence-corrected chi connectivity index (χ4v) is 3.92. The average molecular weight is 249 g/mol. The van der Waals surface area contributed by atoms with E-state index in [-0.39, 0.29) is 5.60 Å². The van der Waals surface area contributed by atoms with Crippen LogP contribution in [0.15, 0.2) is 18.2 Å². The summed E-state index contributed by atoms with van der Waals surface area (Å²) in [7, 11) is 0. The number of hydrogen-bond donors (Lipinski definition) is 1. The normalized spacial score (nSPS) is 27.4. The molecule has 2 heterocycles. The van der Waals surface area contributed by atoms with Crippen molar-refractivity contribution in [2.24, 2.45) is 0 Å². The van der Waals surface area contributed by atoms with Gasteiger partial charge in [0.1, 0.15) is 11.4 Å². The van der Waals surface area contributed by atoms with Crippen LogP contribution in [-0.2, 0) is 6.42 Å². The van der Waals surface area contributed by atoms with Crippen molar-refractivity contribution in [3.63, 3.8) is 0 Å². The van der Waals surface area contributed by atoms with Gasteiger partial charge in [0.25, 0.3) is 0 Å². The van der Waals surface area contributed by atoms with E-state index in [1.165, 1.54) is 23.4 Å². The number of fused-ring (bicyclic) bond motifs is 1. The molecule has 0 bridgehead atoms. The number of ether oxygens (including phenoxy) is 1. The Morgan fingerprint density at radius 1 is 1.41 bits per heavy atom. The van der Waals surface area contributed by atoms with Crippen LogP contribution in [0.5, 0.6) is 5.75 Å². The van der Waals surface area contributed by atoms with Crippen LogP contribution in [0.1, 0.15) is 25.3 Å². The minimum absolute atomic E-state index is 0.0389. The fraction of sp³-hybridized carbons (Fsp3) is 0.571. The van der Waals surface area contributed by atoms with E-state index in [2.05, 4.69) is 30.4 Å². The largest absolute Gasteiger partial charge is 0.486 e. The van der Waals surface area contributed by atoms with Crippen molar-refractivity contribution in [1.29, 1.82) is 0 Å². The van der Waals surface area contributed by atoms with Gasteiger partial charge in [-0.1, -0.05) is 6.07 Å². The van der Waals surface area contributed by atoms with Crippen LogP contribution < -0.4 is 10.1 Å². The van der Waals surface area contributed by atoms with Gasteiger partial charge in [0.2, 0.25) is 0 Å². The first-order chi connectivity index (χ1) is 8.27. The van der Waals surface area contributed by atoms with Gasteiger partial charge in [0.05, 0.1) is 0 Å². The maximum Gasteiger partial charge on any atom is 0.125 e. The molecule has 2 aliphatic rings. The van der Waals surface area contributed by atoms with Gasteiger partial charge < -0.3 is 10.1 Å². The lowest BCUT2D eigenvalue weighted by molar-refractivity contribution is 0.116. The van der Waals surface area contributed by atoms with E-state index >= 15 is 0 Å². The van der Waals surface area contributed by atoms with Crippen LogP contribution in [0.2, 0.25) is 0 Å². The third kappa shape index (κ3) is 2.25. The van der Waals surface area contributed by atoms with Crippen LogP contribution >= 0.6 is 11.8 Å². The maximum absolute atomic E-state index is 6.30. The molecule has 92 valence electrons. The number of benzene rings is 1.